The maximum Gasteiger partial charge on any atom is 0.508 e. The Labute approximate surface area is 200 Å². The van der Waals surface area contributed by atoms with Crippen molar-refractivity contribution in [2.75, 3.05) is 25.1 Å². The fourth-order valence-electron chi connectivity index (χ4n) is 2.70. The lowest BCUT2D eigenvalue weighted by Crippen LogP contribution is -2.55. The van der Waals surface area contributed by atoms with E-state index >= 15 is 0 Å². The molecule has 0 bridgehead atoms. The highest BCUT2D eigenvalue weighted by Gasteiger charge is 2.54. The van der Waals surface area contributed by atoms with Gasteiger partial charge in [0, 0.05) is 6.20 Å². The van der Waals surface area contributed by atoms with Crippen molar-refractivity contribution in [3.8, 4) is 0 Å². The summed E-state index contributed by atoms with van der Waals surface area (Å²) in [6.45, 7) is 2.54. The lowest BCUT2D eigenvalue weighted by atomic mass is 10.1. The van der Waals surface area contributed by atoms with E-state index in [9.17, 15) is 33.1 Å². The molecule has 35 heavy (non-hydrogen) atoms. The molecule has 14 heteroatoms. The second kappa shape index (κ2) is 15.0. The molecular formula is C21H31F2N3O9. The van der Waals surface area contributed by atoms with Crippen molar-refractivity contribution in [2.24, 2.45) is 0 Å². The molecule has 1 amide bonds. The maximum absolute atomic E-state index is 14.9. The molecule has 0 aliphatic heterocycles. The smallest absolute Gasteiger partial charge is 0.449 e. The monoisotopic (exact) mass is 507 g/mol. The molecule has 0 aliphatic carbocycles. The molecule has 1 heterocycles. The number of ether oxygens (including phenoxy) is 3. The number of rotatable bonds is 14. The molecule has 0 spiro atoms. The number of alkyl halides is 2. The minimum atomic E-state index is -4.66. The van der Waals surface area contributed by atoms with Crippen molar-refractivity contribution in [3.63, 3.8) is 0 Å². The summed E-state index contributed by atoms with van der Waals surface area (Å²) in [5.74, 6) is -7.22. The number of nitrogens with zero attached hydrogens (tertiary/aromatic N) is 2. The first-order valence-corrected chi connectivity index (χ1v) is 11.2. The third-order valence-electron chi connectivity index (χ3n) is 4.60. The van der Waals surface area contributed by atoms with Crippen LogP contribution in [-0.2, 0) is 14.2 Å². The lowest BCUT2D eigenvalue weighted by Gasteiger charge is -2.28. The molecule has 1 rings (SSSR count). The zero-order valence-electron chi connectivity index (χ0n) is 19.6. The van der Waals surface area contributed by atoms with Crippen molar-refractivity contribution >= 4 is 24.0 Å². The van der Waals surface area contributed by atoms with Crippen LogP contribution in [0, 0.1) is 0 Å². The molecular weight excluding hydrogens is 476 g/mol. The van der Waals surface area contributed by atoms with E-state index in [-0.39, 0.29) is 23.6 Å². The van der Waals surface area contributed by atoms with E-state index in [4.69, 9.17) is 9.84 Å². The van der Waals surface area contributed by atoms with Gasteiger partial charge in [-0.25, -0.2) is 19.0 Å². The standard InChI is InChI=1S/C21H31F2N3O9/c1-3-5-7-11-33-19(31)25-15-9-10-26(18(30)24-15)17(29)21(22,23)16(14(28)13-27)35-20(32)34-12-8-6-4-2/h9-10,14,16,27-28H,3-8,11-13H2,1-2H3,(H,24,25,30,31)/t14-,16-/m1/s1. The van der Waals surface area contributed by atoms with E-state index < -0.39 is 48.6 Å². The van der Waals surface area contributed by atoms with Crippen molar-refractivity contribution < 1.29 is 47.6 Å². The number of anilines is 1. The molecule has 2 atom stereocenters. The topological polar surface area (TPSA) is 166 Å². The number of amides is 1. The first kappa shape index (κ1) is 29.9. The maximum atomic E-state index is 14.9. The van der Waals surface area contributed by atoms with Gasteiger partial charge in [-0.15, -0.1) is 0 Å². The minimum absolute atomic E-state index is 0.0925. The number of aliphatic hydroxyl groups is 2. The number of aromatic nitrogens is 2. The van der Waals surface area contributed by atoms with Crippen LogP contribution in [0.2, 0.25) is 0 Å². The average Bonchev–Trinajstić information content (AvgIpc) is 2.82. The summed E-state index contributed by atoms with van der Waals surface area (Å²) in [6.07, 6.45) is -2.84. The normalized spacial score (nSPS) is 13.0. The van der Waals surface area contributed by atoms with Gasteiger partial charge in [0.05, 0.1) is 19.8 Å². The summed E-state index contributed by atoms with van der Waals surface area (Å²) >= 11 is 0. The summed E-state index contributed by atoms with van der Waals surface area (Å²) in [5.41, 5.74) is -1.49. The van der Waals surface area contributed by atoms with Crippen LogP contribution in [0.1, 0.15) is 57.2 Å². The predicted octanol–water partition coefficient (Wildman–Crippen LogP) is 2.32. The molecule has 0 aliphatic rings. The number of hydrogen-bond acceptors (Lipinski definition) is 10. The first-order chi connectivity index (χ1) is 16.6. The number of carbonyl (C=O) groups excluding carboxylic acids is 3. The van der Waals surface area contributed by atoms with Crippen molar-refractivity contribution in [1.82, 2.24) is 9.55 Å². The van der Waals surface area contributed by atoms with Crippen molar-refractivity contribution in [3.05, 3.63) is 22.7 Å². The molecule has 0 saturated heterocycles. The summed E-state index contributed by atoms with van der Waals surface area (Å²) in [4.78, 5) is 51.3. The largest absolute Gasteiger partial charge is 0.508 e. The van der Waals surface area contributed by atoms with E-state index in [0.717, 1.165) is 25.3 Å². The fourth-order valence-corrected chi connectivity index (χ4v) is 2.70. The Morgan fingerprint density at radius 2 is 1.71 bits per heavy atom. The number of nitrogens with one attached hydrogen (secondary N) is 1. The molecule has 0 saturated carbocycles. The van der Waals surface area contributed by atoms with Crippen LogP contribution in [0.15, 0.2) is 17.1 Å². The number of carbonyl (C=O) groups is 3. The van der Waals surface area contributed by atoms with Crippen molar-refractivity contribution in [1.29, 1.82) is 0 Å². The molecule has 198 valence electrons. The molecule has 0 aromatic carbocycles. The highest BCUT2D eigenvalue weighted by molar-refractivity contribution is 5.87. The molecule has 12 nitrogen and oxygen atoms in total. The van der Waals surface area contributed by atoms with E-state index in [1.165, 1.54) is 0 Å². The van der Waals surface area contributed by atoms with Gasteiger partial charge in [0.15, 0.2) is 0 Å². The predicted molar refractivity (Wildman–Crippen MR) is 117 cm³/mol. The van der Waals surface area contributed by atoms with Crippen LogP contribution >= 0.6 is 0 Å². The highest BCUT2D eigenvalue weighted by Crippen LogP contribution is 2.27. The van der Waals surface area contributed by atoms with Gasteiger partial charge in [-0.2, -0.15) is 13.8 Å². The molecule has 0 radical (unpaired) electrons. The van der Waals surface area contributed by atoms with Crippen LogP contribution in [0.5, 0.6) is 0 Å². The van der Waals surface area contributed by atoms with Gasteiger partial charge in [0.1, 0.15) is 11.9 Å². The van der Waals surface area contributed by atoms with Crippen LogP contribution < -0.4 is 11.0 Å². The molecule has 0 unspecified atom stereocenters. The van der Waals surface area contributed by atoms with Crippen LogP contribution in [-0.4, -0.2) is 75.9 Å². The van der Waals surface area contributed by atoms with Crippen LogP contribution in [0.25, 0.3) is 0 Å². The number of aliphatic hydroxyl groups excluding tert-OH is 2. The molecule has 0 fully saturated rings. The summed E-state index contributed by atoms with van der Waals surface area (Å²) in [5, 5.41) is 21.0. The zero-order chi connectivity index (χ0) is 26.4. The van der Waals surface area contributed by atoms with Crippen LogP contribution in [0.4, 0.5) is 24.2 Å². The van der Waals surface area contributed by atoms with Gasteiger partial charge in [0.2, 0.25) is 6.10 Å². The van der Waals surface area contributed by atoms with Crippen LogP contribution in [0.3, 0.4) is 0 Å². The summed E-state index contributed by atoms with van der Waals surface area (Å²) in [6, 6.07) is 0.892. The number of halogens is 2. The number of unbranched alkanes of at least 4 members (excludes halogenated alkanes) is 4. The minimum Gasteiger partial charge on any atom is -0.449 e. The first-order valence-electron chi connectivity index (χ1n) is 11.2. The SMILES string of the molecule is CCCCCOC(=O)Nc1ccn(C(=O)C(F)(F)[C@H](OC(=O)OCCCCC)[C@H](O)CO)c(=O)n1. The lowest BCUT2D eigenvalue weighted by molar-refractivity contribution is -0.148. The highest BCUT2D eigenvalue weighted by atomic mass is 19.3. The van der Waals surface area contributed by atoms with E-state index in [1.54, 1.807) is 0 Å². The van der Waals surface area contributed by atoms with E-state index in [2.05, 4.69) is 19.8 Å². The van der Waals surface area contributed by atoms with Gasteiger partial charge < -0.3 is 24.4 Å². The zero-order valence-corrected chi connectivity index (χ0v) is 19.6. The molecule has 3 N–H and O–H groups in total. The van der Waals surface area contributed by atoms with Gasteiger partial charge >= 0.3 is 29.8 Å². The third kappa shape index (κ3) is 9.56. The second-order valence-electron chi connectivity index (χ2n) is 7.46. The Morgan fingerprint density at radius 1 is 1.11 bits per heavy atom. The Morgan fingerprint density at radius 3 is 2.26 bits per heavy atom. The Kier molecular flexibility index (Phi) is 12.8. The second-order valence-corrected chi connectivity index (χ2v) is 7.46. The average molecular weight is 507 g/mol. The van der Waals surface area contributed by atoms with Gasteiger partial charge in [-0.05, 0) is 18.9 Å². The fraction of sp³-hybridized carbons (Fsp3) is 0.667. The van der Waals surface area contributed by atoms with Crippen molar-refractivity contribution in [2.45, 2.75) is 70.5 Å². The summed E-state index contributed by atoms with van der Waals surface area (Å²) < 4.78 is 43.6. The quantitative estimate of drug-likeness (QED) is 0.251. The summed E-state index contributed by atoms with van der Waals surface area (Å²) in [7, 11) is 0. The Balaban J connectivity index is 2.94. The Bertz CT molecular complexity index is 895. The van der Waals surface area contributed by atoms with Gasteiger partial charge in [0.25, 0.3) is 0 Å². The Hall–Kier alpha value is -3.13. The van der Waals surface area contributed by atoms with Gasteiger partial charge in [-0.1, -0.05) is 39.5 Å². The molecule has 1 aromatic heterocycles. The van der Waals surface area contributed by atoms with E-state index in [0.29, 0.717) is 25.5 Å². The third-order valence-corrected chi connectivity index (χ3v) is 4.60. The molecule has 1 aromatic rings. The van der Waals surface area contributed by atoms with E-state index in [1.807, 2.05) is 13.8 Å². The number of hydrogen-bond donors (Lipinski definition) is 3. The van der Waals surface area contributed by atoms with Gasteiger partial charge in [-0.3, -0.25) is 10.1 Å².